The first-order valence-corrected chi connectivity index (χ1v) is 11.0. The first-order valence-electron chi connectivity index (χ1n) is 10.1. The van der Waals surface area contributed by atoms with Gasteiger partial charge in [-0.1, -0.05) is 44.2 Å². The molecule has 0 unspecified atom stereocenters. The summed E-state index contributed by atoms with van der Waals surface area (Å²) in [4.78, 5) is 24.9. The van der Waals surface area contributed by atoms with Crippen LogP contribution in [0.4, 0.5) is 5.69 Å². The third-order valence-electron chi connectivity index (χ3n) is 4.82. The number of carbonyl (C=O) groups is 2. The molecule has 0 fully saturated rings. The Kier molecular flexibility index (Phi) is 7.38. The molecule has 5 nitrogen and oxygen atoms in total. The van der Waals surface area contributed by atoms with Gasteiger partial charge < -0.3 is 16.4 Å². The Morgan fingerprint density at radius 3 is 2.30 bits per heavy atom. The fourth-order valence-electron chi connectivity index (χ4n) is 3.37. The van der Waals surface area contributed by atoms with Gasteiger partial charge in [0.05, 0.1) is 4.88 Å². The van der Waals surface area contributed by atoms with E-state index in [0.29, 0.717) is 17.2 Å². The van der Waals surface area contributed by atoms with Gasteiger partial charge in [-0.3, -0.25) is 9.59 Å². The minimum absolute atomic E-state index is 0.0705. The van der Waals surface area contributed by atoms with Gasteiger partial charge in [-0.25, -0.2) is 0 Å². The first kappa shape index (κ1) is 21.7. The molecule has 5 N–H and O–H groups in total. The van der Waals surface area contributed by atoms with Crippen LogP contribution < -0.4 is 16.4 Å². The lowest BCUT2D eigenvalue weighted by Gasteiger charge is -2.16. The number of nitrogens with one attached hydrogen (secondary N) is 1. The molecule has 3 aromatic rings. The standard InChI is InChI=1S/C24H27N3O2S/c1-16(2)14-17-5-7-18(8-6-17)23(21-4-3-13-30-21)26-15-22(28)27-20-11-9-19(10-12-20)24(25)29/h3-13,16,23,26H,14-15H2,1-2H3,(H2,25,29)(H,27,28)/p+1/t23-/m0/s1. The number of quaternary nitrogens is 1. The average Bonchev–Trinajstić information content (AvgIpc) is 3.24. The molecule has 1 heterocycles. The monoisotopic (exact) mass is 422 g/mol. The fraction of sp³-hybridized carbons (Fsp3) is 0.250. The van der Waals surface area contributed by atoms with E-state index in [1.807, 2.05) is 6.07 Å². The van der Waals surface area contributed by atoms with Crippen LogP contribution in [0.15, 0.2) is 66.0 Å². The van der Waals surface area contributed by atoms with Crippen LogP contribution in [0.3, 0.4) is 0 Å². The van der Waals surface area contributed by atoms with E-state index >= 15 is 0 Å². The lowest BCUT2D eigenvalue weighted by molar-refractivity contribution is -0.675. The van der Waals surface area contributed by atoms with Crippen molar-refractivity contribution in [3.05, 3.63) is 87.6 Å². The molecule has 30 heavy (non-hydrogen) atoms. The minimum atomic E-state index is -0.487. The quantitative estimate of drug-likeness (QED) is 0.494. The lowest BCUT2D eigenvalue weighted by Crippen LogP contribution is -2.87. The number of carbonyl (C=O) groups excluding carboxylic acids is 2. The van der Waals surface area contributed by atoms with E-state index < -0.39 is 5.91 Å². The Morgan fingerprint density at radius 2 is 1.73 bits per heavy atom. The van der Waals surface area contributed by atoms with Gasteiger partial charge in [-0.2, -0.15) is 0 Å². The topological polar surface area (TPSA) is 88.8 Å². The molecule has 1 aromatic heterocycles. The highest BCUT2D eigenvalue weighted by atomic mass is 32.1. The summed E-state index contributed by atoms with van der Waals surface area (Å²) in [7, 11) is 0. The maximum absolute atomic E-state index is 12.5. The second-order valence-electron chi connectivity index (χ2n) is 7.76. The first-order chi connectivity index (χ1) is 14.4. The van der Waals surface area contributed by atoms with Gasteiger partial charge in [-0.05, 0) is 53.6 Å². The van der Waals surface area contributed by atoms with Crippen LogP contribution in [0.5, 0.6) is 0 Å². The smallest absolute Gasteiger partial charge is 0.279 e. The number of benzene rings is 2. The molecule has 0 spiro atoms. The van der Waals surface area contributed by atoms with E-state index in [1.165, 1.54) is 16.0 Å². The number of thiophene rings is 1. The second kappa shape index (κ2) is 10.2. The summed E-state index contributed by atoms with van der Waals surface area (Å²) in [6.07, 6.45) is 1.06. The number of anilines is 1. The predicted octanol–water partition coefficient (Wildman–Crippen LogP) is 3.34. The van der Waals surface area contributed by atoms with E-state index in [1.54, 1.807) is 35.6 Å². The van der Waals surface area contributed by atoms with Gasteiger partial charge >= 0.3 is 0 Å². The van der Waals surface area contributed by atoms with Gasteiger partial charge in [-0.15, -0.1) is 11.3 Å². The van der Waals surface area contributed by atoms with Gasteiger partial charge in [0.1, 0.15) is 6.04 Å². The van der Waals surface area contributed by atoms with Gasteiger partial charge in [0.2, 0.25) is 5.91 Å². The van der Waals surface area contributed by atoms with E-state index in [-0.39, 0.29) is 18.5 Å². The van der Waals surface area contributed by atoms with Crippen LogP contribution in [-0.2, 0) is 11.2 Å². The van der Waals surface area contributed by atoms with Gasteiger partial charge in [0, 0.05) is 16.8 Å². The summed E-state index contributed by atoms with van der Waals surface area (Å²) in [5.74, 6) is 0.0375. The van der Waals surface area contributed by atoms with Crippen LogP contribution >= 0.6 is 11.3 Å². The third kappa shape index (κ3) is 6.02. The number of amides is 2. The molecule has 0 bridgehead atoms. The van der Waals surface area contributed by atoms with Crippen molar-refractivity contribution in [1.82, 2.24) is 0 Å². The summed E-state index contributed by atoms with van der Waals surface area (Å²) >= 11 is 1.69. The third-order valence-corrected chi connectivity index (χ3v) is 5.78. The molecule has 0 aliphatic rings. The summed E-state index contributed by atoms with van der Waals surface area (Å²) in [5.41, 5.74) is 8.82. The van der Waals surface area contributed by atoms with Crippen molar-refractivity contribution < 1.29 is 14.9 Å². The van der Waals surface area contributed by atoms with Crippen molar-refractivity contribution in [1.29, 1.82) is 0 Å². The maximum atomic E-state index is 12.5. The largest absolute Gasteiger partial charge is 0.366 e. The highest BCUT2D eigenvalue weighted by Crippen LogP contribution is 2.23. The van der Waals surface area contributed by atoms with Crippen LogP contribution in [0.25, 0.3) is 0 Å². The van der Waals surface area contributed by atoms with E-state index in [9.17, 15) is 9.59 Å². The number of hydrogen-bond donors (Lipinski definition) is 3. The molecule has 2 amide bonds. The van der Waals surface area contributed by atoms with E-state index in [4.69, 9.17) is 5.73 Å². The van der Waals surface area contributed by atoms with Gasteiger partial charge in [0.25, 0.3) is 5.91 Å². The zero-order valence-corrected chi connectivity index (χ0v) is 18.1. The predicted molar refractivity (Wildman–Crippen MR) is 122 cm³/mol. The number of rotatable bonds is 9. The van der Waals surface area contributed by atoms with Crippen molar-refractivity contribution in [2.24, 2.45) is 11.7 Å². The second-order valence-corrected chi connectivity index (χ2v) is 8.74. The molecule has 2 aromatic carbocycles. The van der Waals surface area contributed by atoms with Crippen LogP contribution in [-0.4, -0.2) is 18.4 Å². The van der Waals surface area contributed by atoms with Crippen LogP contribution in [0.1, 0.15) is 46.3 Å². The molecule has 0 saturated heterocycles. The summed E-state index contributed by atoms with van der Waals surface area (Å²) in [5, 5.41) is 6.98. The summed E-state index contributed by atoms with van der Waals surface area (Å²) in [6, 6.07) is 19.5. The van der Waals surface area contributed by atoms with Crippen molar-refractivity contribution in [3.63, 3.8) is 0 Å². The maximum Gasteiger partial charge on any atom is 0.279 e. The number of hydrogen-bond acceptors (Lipinski definition) is 3. The lowest BCUT2D eigenvalue weighted by atomic mass is 9.99. The Bertz CT molecular complexity index is 965. The number of primary amides is 1. The Hall–Kier alpha value is -2.96. The van der Waals surface area contributed by atoms with E-state index in [2.05, 4.69) is 60.2 Å². The van der Waals surface area contributed by atoms with Crippen molar-refractivity contribution >= 4 is 28.8 Å². The molecule has 1 atom stereocenters. The highest BCUT2D eigenvalue weighted by Gasteiger charge is 2.20. The summed E-state index contributed by atoms with van der Waals surface area (Å²) < 4.78 is 0. The molecule has 3 rings (SSSR count). The molecule has 156 valence electrons. The molecule has 0 radical (unpaired) electrons. The molecule has 6 heteroatoms. The molecule has 0 aliphatic carbocycles. The highest BCUT2D eigenvalue weighted by molar-refractivity contribution is 7.10. The zero-order valence-electron chi connectivity index (χ0n) is 17.3. The Morgan fingerprint density at radius 1 is 1.03 bits per heavy atom. The van der Waals surface area contributed by atoms with Gasteiger partial charge in [0.15, 0.2) is 6.54 Å². The minimum Gasteiger partial charge on any atom is -0.366 e. The fourth-order valence-corrected chi connectivity index (χ4v) is 4.22. The Labute approximate surface area is 181 Å². The average molecular weight is 423 g/mol. The normalized spacial score (nSPS) is 12.0. The zero-order chi connectivity index (χ0) is 21.5. The van der Waals surface area contributed by atoms with E-state index in [0.717, 1.165) is 6.42 Å². The van der Waals surface area contributed by atoms with Crippen molar-refractivity contribution in [2.45, 2.75) is 26.3 Å². The molecule has 0 saturated carbocycles. The van der Waals surface area contributed by atoms with Crippen molar-refractivity contribution in [3.8, 4) is 0 Å². The molecular formula is C24H28N3O2S+. The number of nitrogens with two attached hydrogens (primary N) is 2. The SMILES string of the molecule is CC(C)Cc1ccc([C@H]([NH2+]CC(=O)Nc2ccc(C(N)=O)cc2)c2cccs2)cc1. The summed E-state index contributed by atoms with van der Waals surface area (Å²) in [6.45, 7) is 4.72. The Balaban J connectivity index is 1.65. The molecular weight excluding hydrogens is 394 g/mol. The van der Waals surface area contributed by atoms with Crippen LogP contribution in [0, 0.1) is 5.92 Å². The van der Waals surface area contributed by atoms with Crippen molar-refractivity contribution in [2.75, 3.05) is 11.9 Å². The van der Waals surface area contributed by atoms with Crippen LogP contribution in [0.2, 0.25) is 0 Å². The molecule has 0 aliphatic heterocycles.